The van der Waals surface area contributed by atoms with Crippen molar-refractivity contribution in [2.24, 2.45) is 11.7 Å². The Balaban J connectivity index is 2.07. The van der Waals surface area contributed by atoms with E-state index in [4.69, 9.17) is 5.73 Å². The molecule has 0 aliphatic heterocycles. The zero-order valence-corrected chi connectivity index (χ0v) is 11.7. The topological polar surface area (TPSA) is 56.7 Å². The summed E-state index contributed by atoms with van der Waals surface area (Å²) >= 11 is 1.64. The van der Waals surface area contributed by atoms with E-state index in [1.54, 1.807) is 11.3 Å². The molecule has 2 heterocycles. The summed E-state index contributed by atoms with van der Waals surface area (Å²) in [7, 11) is 0. The molecule has 4 nitrogen and oxygen atoms in total. The number of hydrogen-bond donors (Lipinski definition) is 1. The zero-order valence-electron chi connectivity index (χ0n) is 10.9. The van der Waals surface area contributed by atoms with E-state index in [1.165, 1.54) is 5.69 Å². The van der Waals surface area contributed by atoms with Crippen LogP contribution in [0.2, 0.25) is 0 Å². The van der Waals surface area contributed by atoms with E-state index in [0.717, 1.165) is 18.7 Å². The van der Waals surface area contributed by atoms with Crippen LogP contribution in [0.1, 0.15) is 31.2 Å². The van der Waals surface area contributed by atoms with E-state index >= 15 is 0 Å². The Kier molecular flexibility index (Phi) is 4.49. The maximum Gasteiger partial charge on any atom is 0.0948 e. The molecule has 5 heteroatoms. The van der Waals surface area contributed by atoms with Crippen molar-refractivity contribution < 1.29 is 0 Å². The Morgan fingerprint density at radius 1 is 1.44 bits per heavy atom. The lowest BCUT2D eigenvalue weighted by molar-refractivity contribution is 0.471. The molecular formula is C13H20N4S. The second kappa shape index (κ2) is 6.11. The van der Waals surface area contributed by atoms with Crippen molar-refractivity contribution in [2.45, 2.75) is 32.7 Å². The van der Waals surface area contributed by atoms with E-state index in [1.807, 2.05) is 18.0 Å². The summed E-state index contributed by atoms with van der Waals surface area (Å²) in [6.45, 7) is 5.99. The normalized spacial score (nSPS) is 13.1. The third kappa shape index (κ3) is 2.97. The van der Waals surface area contributed by atoms with Crippen LogP contribution >= 0.6 is 11.3 Å². The highest BCUT2D eigenvalue weighted by Gasteiger charge is 2.18. The molecule has 0 saturated heterocycles. The van der Waals surface area contributed by atoms with Crippen LogP contribution in [0, 0.1) is 5.92 Å². The molecule has 0 amide bonds. The number of imidazole rings is 1. The largest absolute Gasteiger partial charge is 0.334 e. The van der Waals surface area contributed by atoms with Gasteiger partial charge in [0.1, 0.15) is 0 Å². The maximum absolute atomic E-state index is 5.87. The molecule has 2 N–H and O–H groups in total. The molecule has 98 valence electrons. The van der Waals surface area contributed by atoms with Crippen LogP contribution in [0.3, 0.4) is 0 Å². The highest BCUT2D eigenvalue weighted by Crippen LogP contribution is 2.23. The first-order valence-electron chi connectivity index (χ1n) is 6.29. The van der Waals surface area contributed by atoms with E-state index in [2.05, 4.69) is 33.8 Å². The van der Waals surface area contributed by atoms with E-state index in [0.29, 0.717) is 18.4 Å². The second-order valence-corrected chi connectivity index (χ2v) is 5.55. The van der Waals surface area contributed by atoms with Gasteiger partial charge in [0.25, 0.3) is 0 Å². The third-order valence-electron chi connectivity index (χ3n) is 3.28. The van der Waals surface area contributed by atoms with E-state index < -0.39 is 0 Å². The molecule has 0 aliphatic carbocycles. The highest BCUT2D eigenvalue weighted by molar-refractivity contribution is 7.07. The molecule has 1 atom stereocenters. The van der Waals surface area contributed by atoms with Gasteiger partial charge in [-0.15, -0.1) is 11.3 Å². The molecule has 0 fully saturated rings. The van der Waals surface area contributed by atoms with Crippen LogP contribution in [0.25, 0.3) is 0 Å². The van der Waals surface area contributed by atoms with Crippen molar-refractivity contribution in [3.63, 3.8) is 0 Å². The zero-order chi connectivity index (χ0) is 13.0. The standard InChI is InChI=1S/C13H20N4S/c1-10(2)12(5-14)13-6-15-8-17(13)4-3-11-7-18-9-16-11/h6-10,12H,3-5,14H2,1-2H3. The Morgan fingerprint density at radius 2 is 2.28 bits per heavy atom. The van der Waals surface area contributed by atoms with Crippen LogP contribution in [0.15, 0.2) is 23.4 Å². The molecule has 2 aromatic rings. The van der Waals surface area contributed by atoms with Gasteiger partial charge < -0.3 is 10.3 Å². The van der Waals surface area contributed by atoms with Crippen LogP contribution in [0.5, 0.6) is 0 Å². The quantitative estimate of drug-likeness (QED) is 0.871. The maximum atomic E-state index is 5.87. The number of aryl methyl sites for hydroxylation is 2. The Labute approximate surface area is 112 Å². The molecule has 0 aliphatic rings. The van der Waals surface area contributed by atoms with Crippen molar-refractivity contribution >= 4 is 11.3 Å². The molecule has 0 bridgehead atoms. The average Bonchev–Trinajstić information content (AvgIpc) is 2.97. The van der Waals surface area contributed by atoms with Gasteiger partial charge in [-0.3, -0.25) is 0 Å². The van der Waals surface area contributed by atoms with Crippen molar-refractivity contribution in [1.82, 2.24) is 14.5 Å². The monoisotopic (exact) mass is 264 g/mol. The van der Waals surface area contributed by atoms with Gasteiger partial charge in [-0.25, -0.2) is 9.97 Å². The lowest BCUT2D eigenvalue weighted by atomic mass is 9.93. The van der Waals surface area contributed by atoms with Gasteiger partial charge in [-0.1, -0.05) is 13.8 Å². The lowest BCUT2D eigenvalue weighted by Crippen LogP contribution is -2.21. The van der Waals surface area contributed by atoms with Gasteiger partial charge in [-0.2, -0.15) is 0 Å². The number of hydrogen-bond acceptors (Lipinski definition) is 4. The number of nitrogens with two attached hydrogens (primary N) is 1. The fourth-order valence-electron chi connectivity index (χ4n) is 2.16. The third-order valence-corrected chi connectivity index (χ3v) is 3.91. The summed E-state index contributed by atoms with van der Waals surface area (Å²) in [5.74, 6) is 0.910. The number of aromatic nitrogens is 3. The minimum absolute atomic E-state index is 0.378. The van der Waals surface area contributed by atoms with Gasteiger partial charge in [0.15, 0.2) is 0 Å². The first-order valence-corrected chi connectivity index (χ1v) is 7.23. The van der Waals surface area contributed by atoms with Crippen LogP contribution in [0.4, 0.5) is 0 Å². The summed E-state index contributed by atoms with van der Waals surface area (Å²) in [5, 5.41) is 2.10. The van der Waals surface area contributed by atoms with E-state index in [9.17, 15) is 0 Å². The summed E-state index contributed by atoms with van der Waals surface area (Å²) in [6, 6.07) is 0. The minimum Gasteiger partial charge on any atom is -0.334 e. The average molecular weight is 264 g/mol. The van der Waals surface area contributed by atoms with Gasteiger partial charge >= 0.3 is 0 Å². The molecule has 0 radical (unpaired) electrons. The molecule has 2 aromatic heterocycles. The van der Waals surface area contributed by atoms with Crippen LogP contribution in [-0.4, -0.2) is 21.1 Å². The van der Waals surface area contributed by atoms with Crippen molar-refractivity contribution in [3.8, 4) is 0 Å². The second-order valence-electron chi connectivity index (χ2n) is 4.83. The first kappa shape index (κ1) is 13.2. The van der Waals surface area contributed by atoms with E-state index in [-0.39, 0.29) is 0 Å². The number of nitrogens with zero attached hydrogens (tertiary/aromatic N) is 3. The molecule has 2 rings (SSSR count). The predicted molar refractivity (Wildman–Crippen MR) is 74.7 cm³/mol. The van der Waals surface area contributed by atoms with Gasteiger partial charge in [0.2, 0.25) is 0 Å². The summed E-state index contributed by atoms with van der Waals surface area (Å²) < 4.78 is 2.21. The molecule has 1 unspecified atom stereocenters. The van der Waals surface area contributed by atoms with Crippen molar-refractivity contribution in [1.29, 1.82) is 0 Å². The van der Waals surface area contributed by atoms with Gasteiger partial charge in [0, 0.05) is 42.7 Å². The summed E-state index contributed by atoms with van der Waals surface area (Å²) in [4.78, 5) is 8.57. The fraction of sp³-hybridized carbons (Fsp3) is 0.538. The van der Waals surface area contributed by atoms with Crippen molar-refractivity contribution in [2.75, 3.05) is 6.54 Å². The lowest BCUT2D eigenvalue weighted by Gasteiger charge is -2.20. The Morgan fingerprint density at radius 3 is 2.89 bits per heavy atom. The van der Waals surface area contributed by atoms with Crippen LogP contribution < -0.4 is 5.73 Å². The Bertz CT molecular complexity index is 461. The van der Waals surface area contributed by atoms with Crippen LogP contribution in [-0.2, 0) is 13.0 Å². The summed E-state index contributed by atoms with van der Waals surface area (Å²) in [5.41, 5.74) is 10.1. The smallest absolute Gasteiger partial charge is 0.0948 e. The number of thiazole rings is 1. The fourth-order valence-corrected chi connectivity index (χ4v) is 2.75. The molecule has 0 saturated carbocycles. The highest BCUT2D eigenvalue weighted by atomic mass is 32.1. The minimum atomic E-state index is 0.378. The summed E-state index contributed by atoms with van der Waals surface area (Å²) in [6.07, 6.45) is 4.79. The molecule has 0 aromatic carbocycles. The van der Waals surface area contributed by atoms with Gasteiger partial charge in [0.05, 0.1) is 17.5 Å². The van der Waals surface area contributed by atoms with Gasteiger partial charge in [-0.05, 0) is 5.92 Å². The molecular weight excluding hydrogens is 244 g/mol. The molecule has 0 spiro atoms. The predicted octanol–water partition coefficient (Wildman–Crippen LogP) is 2.28. The number of rotatable bonds is 6. The SMILES string of the molecule is CC(C)C(CN)c1cncn1CCc1cscn1. The van der Waals surface area contributed by atoms with Crippen molar-refractivity contribution in [3.05, 3.63) is 34.8 Å². The first-order chi connectivity index (χ1) is 8.72. The molecule has 18 heavy (non-hydrogen) atoms. The Hall–Kier alpha value is -1.20.